The smallest absolute Gasteiger partial charge is 0.325 e. The molecule has 0 saturated heterocycles. The molecule has 0 unspecified atom stereocenters. The Balaban J connectivity index is 1.94. The van der Waals surface area contributed by atoms with Gasteiger partial charge in [0.2, 0.25) is 5.91 Å². The monoisotopic (exact) mass is 455 g/mol. The first-order valence-corrected chi connectivity index (χ1v) is 11.4. The molecule has 1 N–H and O–H groups in total. The number of nitrogens with zero attached hydrogens (tertiary/aromatic N) is 4. The normalized spacial score (nSPS) is 11.9. The predicted octanol–water partition coefficient (Wildman–Crippen LogP) is 3.18. The van der Waals surface area contributed by atoms with Gasteiger partial charge in [0.15, 0.2) is 5.65 Å². The van der Waals surface area contributed by atoms with E-state index in [0.717, 1.165) is 16.3 Å². The van der Waals surface area contributed by atoms with E-state index >= 15 is 0 Å². The third-order valence-electron chi connectivity index (χ3n) is 5.14. The highest BCUT2D eigenvalue weighted by molar-refractivity contribution is 8.00. The highest BCUT2D eigenvalue weighted by Crippen LogP contribution is 2.27. The van der Waals surface area contributed by atoms with Gasteiger partial charge in [-0.25, -0.2) is 14.8 Å². The van der Waals surface area contributed by atoms with Crippen molar-refractivity contribution in [3.05, 3.63) is 56.5 Å². The number of thioether (sulfide) groups is 1. The average Bonchev–Trinajstić information content (AvgIpc) is 2.73. The molecular formula is C23H29N5O3S. The van der Waals surface area contributed by atoms with E-state index < -0.39 is 16.7 Å². The van der Waals surface area contributed by atoms with Gasteiger partial charge in [0.1, 0.15) is 16.2 Å². The summed E-state index contributed by atoms with van der Waals surface area (Å²) in [4.78, 5) is 47.0. The molecule has 3 rings (SSSR count). The Morgan fingerprint density at radius 3 is 2.25 bits per heavy atom. The number of hydrogen-bond acceptors (Lipinski definition) is 6. The first kappa shape index (κ1) is 23.7. The van der Waals surface area contributed by atoms with Crippen LogP contribution in [0.1, 0.15) is 51.9 Å². The fourth-order valence-corrected chi connectivity index (χ4v) is 3.97. The number of benzene rings is 1. The van der Waals surface area contributed by atoms with Crippen molar-refractivity contribution in [3.63, 3.8) is 0 Å². The Kier molecular flexibility index (Phi) is 6.59. The van der Waals surface area contributed by atoms with Crippen LogP contribution in [0.4, 0.5) is 5.69 Å². The van der Waals surface area contributed by atoms with Gasteiger partial charge in [-0.15, -0.1) is 0 Å². The Morgan fingerprint density at radius 2 is 1.69 bits per heavy atom. The fraction of sp³-hybridized carbons (Fsp3) is 0.435. The van der Waals surface area contributed by atoms with Crippen LogP contribution >= 0.6 is 11.8 Å². The van der Waals surface area contributed by atoms with E-state index in [-0.39, 0.29) is 22.7 Å². The van der Waals surface area contributed by atoms with Crippen molar-refractivity contribution in [2.75, 3.05) is 11.1 Å². The van der Waals surface area contributed by atoms with E-state index in [1.807, 2.05) is 45.0 Å². The second kappa shape index (κ2) is 8.90. The number of hydrogen-bond donors (Lipinski definition) is 1. The SMILES string of the molecule is CC(C)c1ccc(NC(=O)CSc2nc(C(C)(C)C)nc3c2c(=O)n(C)c(=O)n3C)cc1. The van der Waals surface area contributed by atoms with Crippen molar-refractivity contribution in [1.29, 1.82) is 0 Å². The summed E-state index contributed by atoms with van der Waals surface area (Å²) in [6.45, 7) is 10.1. The van der Waals surface area contributed by atoms with E-state index in [4.69, 9.17) is 0 Å². The standard InChI is InChI=1S/C23H29N5O3S/c1-13(2)14-8-10-15(11-9-14)24-16(29)12-32-19-17-18(25-21(26-19)23(3,4)5)27(6)22(31)28(7)20(17)30/h8-11,13H,12H2,1-7H3,(H,24,29). The maximum Gasteiger partial charge on any atom is 0.332 e. The molecule has 3 aromatic rings. The topological polar surface area (TPSA) is 98.9 Å². The Hall–Kier alpha value is -2.94. The Morgan fingerprint density at radius 1 is 1.06 bits per heavy atom. The quantitative estimate of drug-likeness (QED) is 0.469. The van der Waals surface area contributed by atoms with Gasteiger partial charge in [-0.3, -0.25) is 18.7 Å². The zero-order valence-electron chi connectivity index (χ0n) is 19.5. The number of aromatic nitrogens is 4. The molecule has 1 aromatic carbocycles. The van der Waals surface area contributed by atoms with E-state index in [2.05, 4.69) is 29.1 Å². The van der Waals surface area contributed by atoms with Crippen LogP contribution in [-0.4, -0.2) is 30.8 Å². The molecule has 9 heteroatoms. The minimum atomic E-state index is -0.476. The molecule has 0 aliphatic heterocycles. The molecule has 2 heterocycles. The number of carbonyl (C=O) groups is 1. The fourth-order valence-electron chi connectivity index (χ4n) is 3.15. The zero-order valence-corrected chi connectivity index (χ0v) is 20.3. The molecule has 0 saturated carbocycles. The third-order valence-corrected chi connectivity index (χ3v) is 6.11. The van der Waals surface area contributed by atoms with E-state index in [1.54, 1.807) is 7.05 Å². The van der Waals surface area contributed by atoms with Crippen LogP contribution in [0.5, 0.6) is 0 Å². The lowest BCUT2D eigenvalue weighted by atomic mass is 9.96. The van der Waals surface area contributed by atoms with Crippen LogP contribution in [0.15, 0.2) is 38.9 Å². The molecular weight excluding hydrogens is 426 g/mol. The van der Waals surface area contributed by atoms with Crippen LogP contribution in [-0.2, 0) is 24.3 Å². The van der Waals surface area contributed by atoms with Crippen molar-refractivity contribution in [2.45, 2.75) is 51.0 Å². The first-order valence-electron chi connectivity index (χ1n) is 10.4. The number of anilines is 1. The van der Waals surface area contributed by atoms with Gasteiger partial charge < -0.3 is 5.32 Å². The van der Waals surface area contributed by atoms with Crippen molar-refractivity contribution >= 4 is 34.4 Å². The molecule has 0 bridgehead atoms. The van der Waals surface area contributed by atoms with Crippen molar-refractivity contribution < 1.29 is 4.79 Å². The molecule has 170 valence electrons. The molecule has 8 nitrogen and oxygen atoms in total. The molecule has 0 radical (unpaired) electrons. The molecule has 0 fully saturated rings. The second-order valence-corrected chi connectivity index (χ2v) is 10.1. The molecule has 0 aliphatic carbocycles. The lowest BCUT2D eigenvalue weighted by molar-refractivity contribution is -0.113. The summed E-state index contributed by atoms with van der Waals surface area (Å²) in [5.41, 5.74) is 0.837. The highest BCUT2D eigenvalue weighted by atomic mass is 32.2. The van der Waals surface area contributed by atoms with Crippen LogP contribution in [0.25, 0.3) is 11.0 Å². The van der Waals surface area contributed by atoms with Crippen molar-refractivity contribution in [3.8, 4) is 0 Å². The van der Waals surface area contributed by atoms with Gasteiger partial charge in [-0.2, -0.15) is 0 Å². The predicted molar refractivity (Wildman–Crippen MR) is 129 cm³/mol. The molecule has 2 aromatic heterocycles. The minimum Gasteiger partial charge on any atom is -0.325 e. The van der Waals surface area contributed by atoms with Gasteiger partial charge >= 0.3 is 5.69 Å². The summed E-state index contributed by atoms with van der Waals surface area (Å²) in [5, 5.41) is 3.50. The maximum absolute atomic E-state index is 12.9. The number of fused-ring (bicyclic) bond motifs is 1. The summed E-state index contributed by atoms with van der Waals surface area (Å²) in [7, 11) is 3.00. The van der Waals surface area contributed by atoms with Crippen molar-refractivity contribution in [2.24, 2.45) is 14.1 Å². The molecule has 0 atom stereocenters. The molecule has 0 aliphatic rings. The molecule has 1 amide bonds. The van der Waals surface area contributed by atoms with E-state index in [1.165, 1.54) is 17.2 Å². The second-order valence-electron chi connectivity index (χ2n) is 9.12. The molecule has 0 spiro atoms. The number of nitrogens with one attached hydrogen (secondary N) is 1. The van der Waals surface area contributed by atoms with Crippen molar-refractivity contribution in [1.82, 2.24) is 19.1 Å². The highest BCUT2D eigenvalue weighted by Gasteiger charge is 2.24. The summed E-state index contributed by atoms with van der Waals surface area (Å²) < 4.78 is 2.37. The zero-order chi connectivity index (χ0) is 23.8. The van der Waals surface area contributed by atoms with Gasteiger partial charge in [0.05, 0.1) is 5.75 Å². The minimum absolute atomic E-state index is 0.0631. The number of aryl methyl sites for hydroxylation is 1. The van der Waals surface area contributed by atoms with E-state index in [9.17, 15) is 14.4 Å². The summed E-state index contributed by atoms with van der Waals surface area (Å²) in [6, 6.07) is 7.73. The van der Waals surface area contributed by atoms with E-state index in [0.29, 0.717) is 22.5 Å². The van der Waals surface area contributed by atoms with Crippen LogP contribution in [0.2, 0.25) is 0 Å². The number of carbonyl (C=O) groups excluding carboxylic acids is 1. The first-order chi connectivity index (χ1) is 14.9. The Bertz CT molecular complexity index is 1280. The van der Waals surface area contributed by atoms with Crippen LogP contribution < -0.4 is 16.6 Å². The Labute approximate surface area is 191 Å². The maximum atomic E-state index is 12.9. The van der Waals surface area contributed by atoms with Crippen LogP contribution in [0.3, 0.4) is 0 Å². The summed E-state index contributed by atoms with van der Waals surface area (Å²) in [5.74, 6) is 0.767. The largest absolute Gasteiger partial charge is 0.332 e. The number of amides is 1. The van der Waals surface area contributed by atoms with Gasteiger partial charge in [0, 0.05) is 25.2 Å². The third kappa shape index (κ3) is 4.77. The van der Waals surface area contributed by atoms with Crippen LogP contribution in [0, 0.1) is 0 Å². The lowest BCUT2D eigenvalue weighted by Crippen LogP contribution is -2.38. The average molecular weight is 456 g/mol. The lowest BCUT2D eigenvalue weighted by Gasteiger charge is -2.19. The summed E-state index contributed by atoms with van der Waals surface area (Å²) in [6.07, 6.45) is 0. The van der Waals surface area contributed by atoms with Gasteiger partial charge in [0.25, 0.3) is 5.56 Å². The summed E-state index contributed by atoms with van der Waals surface area (Å²) >= 11 is 1.16. The van der Waals surface area contributed by atoms with Gasteiger partial charge in [-0.05, 0) is 23.6 Å². The number of rotatable bonds is 5. The van der Waals surface area contributed by atoms with Gasteiger partial charge in [-0.1, -0.05) is 58.5 Å². The molecule has 32 heavy (non-hydrogen) atoms.